The van der Waals surface area contributed by atoms with E-state index in [2.05, 4.69) is 26.0 Å². The monoisotopic (exact) mass is 634 g/mol. The number of furan rings is 1. The summed E-state index contributed by atoms with van der Waals surface area (Å²) in [6, 6.07) is 16.5. The number of rotatable bonds is 9. The van der Waals surface area contributed by atoms with Crippen molar-refractivity contribution >= 4 is 55.7 Å². The molecule has 0 spiro atoms. The molecule has 5 aromatic rings. The number of carbonyl (C=O) groups excluding carboxylic acids is 1. The zero-order valence-corrected chi connectivity index (χ0v) is 24.2. The number of hydrogen-bond acceptors (Lipinski definition) is 10. The molecule has 0 aliphatic carbocycles. The quantitative estimate of drug-likeness (QED) is 0.0861. The molecule has 0 aliphatic heterocycles. The molecule has 0 bridgehead atoms. The number of benzene rings is 3. The van der Waals surface area contributed by atoms with E-state index in [4.69, 9.17) is 18.6 Å². The number of fused-ring (bicyclic) bond motifs is 2. The SMILES string of the molecule is CCOC(=O)[C@@H](C)Oc1c(Br)cc(C=Nn2c(-c3cc4c(OC)cccc4o3)nc3ccccc3c2=O)cc1[N+](=O)[O-]. The summed E-state index contributed by atoms with van der Waals surface area (Å²) in [4.78, 5) is 41.5. The third-order valence-electron chi connectivity index (χ3n) is 6.19. The second-order valence-corrected chi connectivity index (χ2v) is 9.77. The Morgan fingerprint density at radius 3 is 2.71 bits per heavy atom. The summed E-state index contributed by atoms with van der Waals surface area (Å²) in [6.07, 6.45) is 0.188. The summed E-state index contributed by atoms with van der Waals surface area (Å²) in [5, 5.41) is 17.3. The van der Waals surface area contributed by atoms with E-state index < -0.39 is 28.2 Å². The summed E-state index contributed by atoms with van der Waals surface area (Å²) < 4.78 is 23.2. The van der Waals surface area contributed by atoms with Crippen molar-refractivity contribution in [2.24, 2.45) is 5.10 Å². The van der Waals surface area contributed by atoms with E-state index in [-0.39, 0.29) is 34.0 Å². The fourth-order valence-electron chi connectivity index (χ4n) is 4.25. The Labute approximate surface area is 246 Å². The van der Waals surface area contributed by atoms with Gasteiger partial charge in [-0.05, 0) is 66.2 Å². The first kappa shape index (κ1) is 28.5. The first-order valence-corrected chi connectivity index (χ1v) is 13.5. The number of methoxy groups -OCH3 is 1. The van der Waals surface area contributed by atoms with Crippen molar-refractivity contribution in [1.29, 1.82) is 0 Å². The molecule has 0 aliphatic rings. The molecular formula is C29H23BrN4O8. The van der Waals surface area contributed by atoms with Crippen LogP contribution in [0.4, 0.5) is 5.69 Å². The molecule has 0 N–H and O–H groups in total. The second-order valence-electron chi connectivity index (χ2n) is 8.92. The highest BCUT2D eigenvalue weighted by molar-refractivity contribution is 9.10. The minimum Gasteiger partial charge on any atom is -0.496 e. The van der Waals surface area contributed by atoms with E-state index in [0.717, 1.165) is 4.68 Å². The first-order chi connectivity index (χ1) is 20.2. The Hall–Kier alpha value is -5.04. The smallest absolute Gasteiger partial charge is 0.347 e. The topological polar surface area (TPSA) is 148 Å². The van der Waals surface area contributed by atoms with Crippen LogP contribution in [0.5, 0.6) is 11.5 Å². The van der Waals surface area contributed by atoms with Gasteiger partial charge in [0.1, 0.15) is 11.3 Å². The molecule has 13 heteroatoms. The van der Waals surface area contributed by atoms with Crippen LogP contribution in [0.1, 0.15) is 19.4 Å². The van der Waals surface area contributed by atoms with Crippen LogP contribution in [-0.2, 0) is 9.53 Å². The molecular weight excluding hydrogens is 612 g/mol. The summed E-state index contributed by atoms with van der Waals surface area (Å²) in [5.74, 6) is 0.142. The van der Waals surface area contributed by atoms with Crippen LogP contribution in [0.2, 0.25) is 0 Å². The lowest BCUT2D eigenvalue weighted by Gasteiger charge is -2.15. The van der Waals surface area contributed by atoms with Crippen molar-refractivity contribution in [2.45, 2.75) is 20.0 Å². The average molecular weight is 635 g/mol. The van der Waals surface area contributed by atoms with Crippen LogP contribution in [0.25, 0.3) is 33.5 Å². The fraction of sp³-hybridized carbons (Fsp3) is 0.172. The van der Waals surface area contributed by atoms with E-state index >= 15 is 0 Å². The van der Waals surface area contributed by atoms with Gasteiger partial charge in [0.15, 0.2) is 11.9 Å². The maximum Gasteiger partial charge on any atom is 0.347 e. The Balaban J connectivity index is 1.62. The molecule has 0 fully saturated rings. The number of nitro groups is 1. The molecule has 0 saturated carbocycles. The van der Waals surface area contributed by atoms with Gasteiger partial charge in [-0.1, -0.05) is 18.2 Å². The third-order valence-corrected chi connectivity index (χ3v) is 6.78. The van der Waals surface area contributed by atoms with Crippen LogP contribution >= 0.6 is 15.9 Å². The number of para-hydroxylation sites is 1. The molecule has 0 saturated heterocycles. The number of ether oxygens (including phenoxy) is 3. The van der Waals surface area contributed by atoms with Gasteiger partial charge < -0.3 is 18.6 Å². The lowest BCUT2D eigenvalue weighted by Crippen LogP contribution is -2.26. The minimum absolute atomic E-state index is 0.116. The van der Waals surface area contributed by atoms with Gasteiger partial charge in [0.05, 0.1) is 45.6 Å². The Morgan fingerprint density at radius 2 is 1.98 bits per heavy atom. The van der Waals surface area contributed by atoms with Gasteiger partial charge in [-0.25, -0.2) is 9.78 Å². The number of nitro benzene ring substituents is 1. The van der Waals surface area contributed by atoms with Crippen LogP contribution < -0.4 is 15.0 Å². The molecule has 3 aromatic carbocycles. The number of carbonyl (C=O) groups is 1. The van der Waals surface area contributed by atoms with Crippen LogP contribution in [0.15, 0.2) is 79.4 Å². The summed E-state index contributed by atoms with van der Waals surface area (Å²) in [6.45, 7) is 3.21. The minimum atomic E-state index is -1.09. The van der Waals surface area contributed by atoms with Gasteiger partial charge >= 0.3 is 11.7 Å². The van der Waals surface area contributed by atoms with E-state index in [1.807, 2.05) is 0 Å². The highest BCUT2D eigenvalue weighted by Gasteiger charge is 2.25. The van der Waals surface area contributed by atoms with Crippen molar-refractivity contribution in [3.05, 3.63) is 91.2 Å². The van der Waals surface area contributed by atoms with E-state index in [1.54, 1.807) is 62.6 Å². The largest absolute Gasteiger partial charge is 0.496 e. The molecule has 214 valence electrons. The van der Waals surface area contributed by atoms with Crippen molar-refractivity contribution in [3.8, 4) is 23.1 Å². The maximum absolute atomic E-state index is 13.6. The summed E-state index contributed by atoms with van der Waals surface area (Å²) in [5.41, 5.74) is 0.329. The van der Waals surface area contributed by atoms with Gasteiger partial charge in [-0.15, -0.1) is 0 Å². The predicted octanol–water partition coefficient (Wildman–Crippen LogP) is 5.70. The number of nitrogens with zero attached hydrogens (tertiary/aromatic N) is 4. The summed E-state index contributed by atoms with van der Waals surface area (Å²) in [7, 11) is 1.54. The standard InChI is InChI=1S/C29H23BrN4O8/c1-4-40-29(36)16(2)41-26-20(30)12-17(13-22(26)34(37)38)15-31-33-27(32-21-9-6-5-8-18(21)28(33)35)25-14-19-23(39-3)10-7-11-24(19)42-25/h5-16H,4H2,1-3H3/t16-/m1/s1. The molecule has 0 radical (unpaired) electrons. The van der Waals surface area contributed by atoms with Gasteiger partial charge in [-0.2, -0.15) is 9.78 Å². The first-order valence-electron chi connectivity index (χ1n) is 12.7. The normalized spacial score (nSPS) is 12.1. The van der Waals surface area contributed by atoms with Crippen LogP contribution in [0.3, 0.4) is 0 Å². The highest BCUT2D eigenvalue weighted by atomic mass is 79.9. The molecule has 2 heterocycles. The lowest BCUT2D eigenvalue weighted by atomic mass is 10.2. The predicted molar refractivity (Wildman–Crippen MR) is 158 cm³/mol. The lowest BCUT2D eigenvalue weighted by molar-refractivity contribution is -0.386. The van der Waals surface area contributed by atoms with Gasteiger partial charge in [0.2, 0.25) is 11.6 Å². The Morgan fingerprint density at radius 1 is 1.19 bits per heavy atom. The van der Waals surface area contributed by atoms with E-state index in [1.165, 1.54) is 25.3 Å². The summed E-state index contributed by atoms with van der Waals surface area (Å²) >= 11 is 3.29. The average Bonchev–Trinajstić information content (AvgIpc) is 3.42. The van der Waals surface area contributed by atoms with Crippen LogP contribution in [-0.4, -0.2) is 46.6 Å². The van der Waals surface area contributed by atoms with Gasteiger partial charge in [-0.3, -0.25) is 14.9 Å². The zero-order chi connectivity index (χ0) is 30.0. The van der Waals surface area contributed by atoms with E-state index in [0.29, 0.717) is 27.6 Å². The van der Waals surface area contributed by atoms with Crippen molar-refractivity contribution in [2.75, 3.05) is 13.7 Å². The molecule has 42 heavy (non-hydrogen) atoms. The van der Waals surface area contributed by atoms with Gasteiger partial charge in [0, 0.05) is 11.6 Å². The second kappa shape index (κ2) is 11.8. The Bertz CT molecular complexity index is 1930. The fourth-order valence-corrected chi connectivity index (χ4v) is 4.81. The number of aromatic nitrogens is 2. The zero-order valence-electron chi connectivity index (χ0n) is 22.6. The molecule has 0 amide bonds. The maximum atomic E-state index is 13.6. The Kier molecular flexibility index (Phi) is 8.02. The number of halogens is 1. The highest BCUT2D eigenvalue weighted by Crippen LogP contribution is 2.37. The number of hydrogen-bond donors (Lipinski definition) is 0. The molecule has 12 nitrogen and oxygen atoms in total. The molecule has 0 unspecified atom stereocenters. The third kappa shape index (κ3) is 5.46. The van der Waals surface area contributed by atoms with Crippen molar-refractivity contribution in [3.63, 3.8) is 0 Å². The van der Waals surface area contributed by atoms with E-state index in [9.17, 15) is 19.7 Å². The molecule has 1 atom stereocenters. The van der Waals surface area contributed by atoms with Gasteiger partial charge in [0.25, 0.3) is 5.56 Å². The number of esters is 1. The van der Waals surface area contributed by atoms with Crippen LogP contribution in [0, 0.1) is 10.1 Å². The van der Waals surface area contributed by atoms with Crippen molar-refractivity contribution in [1.82, 2.24) is 9.66 Å². The molecule has 2 aromatic heterocycles. The molecule has 5 rings (SSSR count). The van der Waals surface area contributed by atoms with Crippen molar-refractivity contribution < 1.29 is 28.3 Å².